The number of nitrogens with one attached hydrogen (secondary N) is 1. The van der Waals surface area contributed by atoms with E-state index in [4.69, 9.17) is 0 Å². The van der Waals surface area contributed by atoms with Crippen LogP contribution in [0.25, 0.3) is 5.65 Å². The Balaban J connectivity index is 1.65. The maximum Gasteiger partial charge on any atom is 0.226 e. The predicted octanol–water partition coefficient (Wildman–Crippen LogP) is 2.88. The van der Waals surface area contributed by atoms with Gasteiger partial charge in [0.05, 0.1) is 12.1 Å². The highest BCUT2D eigenvalue weighted by Crippen LogP contribution is 2.23. The zero-order valence-electron chi connectivity index (χ0n) is 12.8. The molecule has 0 radical (unpaired) electrons. The molecule has 3 rings (SSSR count). The van der Waals surface area contributed by atoms with Crippen LogP contribution in [0.3, 0.4) is 0 Å². The molecule has 2 atom stereocenters. The van der Waals surface area contributed by atoms with Crippen molar-refractivity contribution in [2.45, 2.75) is 52.0 Å². The van der Waals surface area contributed by atoms with E-state index in [1.165, 1.54) is 24.8 Å². The first-order chi connectivity index (χ1) is 10.1. The number of amides is 1. The molecule has 0 aromatic carbocycles. The lowest BCUT2D eigenvalue weighted by atomic mass is 9.86. The molecule has 1 aliphatic carbocycles. The largest absolute Gasteiger partial charge is 0.353 e. The van der Waals surface area contributed by atoms with E-state index in [-0.39, 0.29) is 5.91 Å². The number of hydrogen-bond acceptors (Lipinski definition) is 2. The Hall–Kier alpha value is -1.84. The zero-order valence-corrected chi connectivity index (χ0v) is 12.8. The van der Waals surface area contributed by atoms with Crippen molar-refractivity contribution in [1.29, 1.82) is 0 Å². The number of nitrogens with zero attached hydrogens (tertiary/aromatic N) is 2. The molecule has 2 unspecified atom stereocenters. The van der Waals surface area contributed by atoms with Gasteiger partial charge in [-0.25, -0.2) is 4.98 Å². The monoisotopic (exact) mass is 285 g/mol. The van der Waals surface area contributed by atoms with Crippen LogP contribution in [-0.2, 0) is 11.2 Å². The maximum absolute atomic E-state index is 12.2. The van der Waals surface area contributed by atoms with Crippen molar-refractivity contribution in [2.75, 3.05) is 0 Å². The summed E-state index contributed by atoms with van der Waals surface area (Å²) >= 11 is 0. The van der Waals surface area contributed by atoms with Gasteiger partial charge in [-0.15, -0.1) is 0 Å². The molecule has 4 nitrogen and oxygen atoms in total. The molecule has 1 saturated carbocycles. The Morgan fingerprint density at radius 1 is 1.43 bits per heavy atom. The number of imidazole rings is 1. The molecule has 0 saturated heterocycles. The normalized spacial score (nSPS) is 22.4. The van der Waals surface area contributed by atoms with E-state index < -0.39 is 0 Å². The average Bonchev–Trinajstić information content (AvgIpc) is 2.82. The van der Waals surface area contributed by atoms with Gasteiger partial charge in [-0.3, -0.25) is 4.79 Å². The Morgan fingerprint density at radius 2 is 2.24 bits per heavy atom. The molecule has 0 aliphatic heterocycles. The van der Waals surface area contributed by atoms with Gasteiger partial charge in [0.25, 0.3) is 0 Å². The number of pyridine rings is 1. The molecule has 1 aliphatic rings. The molecule has 21 heavy (non-hydrogen) atoms. The van der Waals surface area contributed by atoms with Gasteiger partial charge in [0.2, 0.25) is 5.91 Å². The number of aromatic nitrogens is 2. The van der Waals surface area contributed by atoms with E-state index in [9.17, 15) is 4.79 Å². The SMILES string of the molecule is Cc1ccn2cc(CC(=O)NC3CCCCC3C)nc2c1. The first-order valence-electron chi connectivity index (χ1n) is 7.85. The van der Waals surface area contributed by atoms with Gasteiger partial charge in [0.1, 0.15) is 5.65 Å². The second kappa shape index (κ2) is 5.88. The topological polar surface area (TPSA) is 46.4 Å². The number of hydrogen-bond donors (Lipinski definition) is 1. The Kier molecular flexibility index (Phi) is 3.95. The predicted molar refractivity (Wildman–Crippen MR) is 83.2 cm³/mol. The van der Waals surface area contributed by atoms with Gasteiger partial charge in [-0.2, -0.15) is 0 Å². The lowest BCUT2D eigenvalue weighted by molar-refractivity contribution is -0.121. The molecular weight excluding hydrogens is 262 g/mol. The van der Waals surface area contributed by atoms with Crippen LogP contribution >= 0.6 is 0 Å². The first-order valence-corrected chi connectivity index (χ1v) is 7.85. The minimum Gasteiger partial charge on any atom is -0.353 e. The average molecular weight is 285 g/mol. The number of aryl methyl sites for hydroxylation is 1. The van der Waals surface area contributed by atoms with Gasteiger partial charge >= 0.3 is 0 Å². The van der Waals surface area contributed by atoms with Crippen molar-refractivity contribution in [3.05, 3.63) is 35.8 Å². The lowest BCUT2D eigenvalue weighted by Crippen LogP contribution is -2.41. The fourth-order valence-corrected chi connectivity index (χ4v) is 3.17. The van der Waals surface area contributed by atoms with Crippen LogP contribution in [0.2, 0.25) is 0 Å². The van der Waals surface area contributed by atoms with Gasteiger partial charge < -0.3 is 9.72 Å². The third-order valence-corrected chi connectivity index (χ3v) is 4.47. The molecule has 2 heterocycles. The second-order valence-corrected chi connectivity index (χ2v) is 6.31. The molecule has 1 fully saturated rings. The van der Waals surface area contributed by atoms with Crippen LogP contribution in [0.15, 0.2) is 24.5 Å². The van der Waals surface area contributed by atoms with Crippen LogP contribution in [0, 0.1) is 12.8 Å². The zero-order chi connectivity index (χ0) is 14.8. The fraction of sp³-hybridized carbons (Fsp3) is 0.529. The van der Waals surface area contributed by atoms with E-state index in [1.807, 2.05) is 35.9 Å². The first kappa shape index (κ1) is 14.1. The number of fused-ring (bicyclic) bond motifs is 1. The van der Waals surface area contributed by atoms with Crippen LogP contribution in [0.4, 0.5) is 0 Å². The van der Waals surface area contributed by atoms with E-state index in [1.54, 1.807) is 0 Å². The summed E-state index contributed by atoms with van der Waals surface area (Å²) in [4.78, 5) is 16.7. The number of carbonyl (C=O) groups excluding carboxylic acids is 1. The minimum atomic E-state index is 0.0916. The second-order valence-electron chi connectivity index (χ2n) is 6.31. The third-order valence-electron chi connectivity index (χ3n) is 4.47. The highest BCUT2D eigenvalue weighted by atomic mass is 16.1. The highest BCUT2D eigenvalue weighted by molar-refractivity contribution is 5.78. The van der Waals surface area contributed by atoms with Crippen molar-refractivity contribution in [1.82, 2.24) is 14.7 Å². The standard InChI is InChI=1S/C17H23N3O/c1-12-7-8-20-11-14(18-16(20)9-12)10-17(21)19-15-6-4-3-5-13(15)2/h7-9,11,13,15H,3-6,10H2,1-2H3,(H,19,21). The summed E-state index contributed by atoms with van der Waals surface area (Å²) in [7, 11) is 0. The van der Waals surface area contributed by atoms with Gasteiger partial charge in [-0.05, 0) is 43.4 Å². The summed E-state index contributed by atoms with van der Waals surface area (Å²) < 4.78 is 1.97. The quantitative estimate of drug-likeness (QED) is 0.942. The Labute approximate surface area is 125 Å². The van der Waals surface area contributed by atoms with Crippen LogP contribution in [-0.4, -0.2) is 21.3 Å². The van der Waals surface area contributed by atoms with Gasteiger partial charge in [0, 0.05) is 18.4 Å². The van der Waals surface area contributed by atoms with Crippen LogP contribution in [0.5, 0.6) is 0 Å². The smallest absolute Gasteiger partial charge is 0.226 e. The summed E-state index contributed by atoms with van der Waals surface area (Å²) in [6.07, 6.45) is 9.14. The fourth-order valence-electron chi connectivity index (χ4n) is 3.17. The number of rotatable bonds is 3. The molecule has 1 N–H and O–H groups in total. The van der Waals surface area contributed by atoms with E-state index in [0.29, 0.717) is 18.4 Å². The molecule has 4 heteroatoms. The van der Waals surface area contributed by atoms with Crippen LogP contribution in [0.1, 0.15) is 43.9 Å². The van der Waals surface area contributed by atoms with Crippen molar-refractivity contribution < 1.29 is 4.79 Å². The summed E-state index contributed by atoms with van der Waals surface area (Å²) in [6.45, 7) is 4.28. The van der Waals surface area contributed by atoms with Crippen LogP contribution < -0.4 is 5.32 Å². The molecule has 0 bridgehead atoms. The third kappa shape index (κ3) is 3.26. The molecule has 112 valence electrons. The molecular formula is C17H23N3O. The van der Waals surface area contributed by atoms with E-state index >= 15 is 0 Å². The molecule has 2 aromatic rings. The van der Waals surface area contributed by atoms with E-state index in [2.05, 4.69) is 17.2 Å². The van der Waals surface area contributed by atoms with Crippen molar-refractivity contribution >= 4 is 11.6 Å². The van der Waals surface area contributed by atoms with Crippen molar-refractivity contribution in [3.8, 4) is 0 Å². The molecule has 2 aromatic heterocycles. The summed E-state index contributed by atoms with van der Waals surface area (Å²) in [6, 6.07) is 4.41. The summed E-state index contributed by atoms with van der Waals surface area (Å²) in [5.41, 5.74) is 2.92. The molecule has 1 amide bonds. The van der Waals surface area contributed by atoms with Gasteiger partial charge in [0.15, 0.2) is 0 Å². The van der Waals surface area contributed by atoms with Crippen molar-refractivity contribution in [3.63, 3.8) is 0 Å². The minimum absolute atomic E-state index is 0.0916. The Bertz CT molecular complexity index is 647. The maximum atomic E-state index is 12.2. The van der Waals surface area contributed by atoms with E-state index in [0.717, 1.165) is 17.8 Å². The Morgan fingerprint density at radius 3 is 3.05 bits per heavy atom. The summed E-state index contributed by atoms with van der Waals surface area (Å²) in [5, 5.41) is 3.18. The van der Waals surface area contributed by atoms with Gasteiger partial charge in [-0.1, -0.05) is 19.8 Å². The lowest BCUT2D eigenvalue weighted by Gasteiger charge is -2.29. The van der Waals surface area contributed by atoms with Crippen molar-refractivity contribution in [2.24, 2.45) is 5.92 Å². The number of carbonyl (C=O) groups is 1. The summed E-state index contributed by atoms with van der Waals surface area (Å²) in [5.74, 6) is 0.681. The highest BCUT2D eigenvalue weighted by Gasteiger charge is 2.23. The molecule has 0 spiro atoms.